The lowest BCUT2D eigenvalue weighted by Gasteiger charge is -2.03. The van der Waals surface area contributed by atoms with Crippen LogP contribution in [-0.2, 0) is 4.65 Å². The summed E-state index contributed by atoms with van der Waals surface area (Å²) in [5.41, 5.74) is 0.532. The van der Waals surface area contributed by atoms with Crippen LogP contribution < -0.4 is 5.46 Å². The van der Waals surface area contributed by atoms with Crippen molar-refractivity contribution in [3.63, 3.8) is 0 Å². The first kappa shape index (κ1) is 8.52. The van der Waals surface area contributed by atoms with Crippen LogP contribution >= 0.6 is 11.6 Å². The molecule has 0 radical (unpaired) electrons. The Balaban J connectivity index is 2.93. The highest BCUT2D eigenvalue weighted by molar-refractivity contribution is 6.63. The zero-order valence-electron chi connectivity index (χ0n) is 5.99. The molecule has 3 nitrogen and oxygen atoms in total. The molecule has 0 bridgehead atoms. The Kier molecular flexibility index (Phi) is 2.88. The number of nitrogens with zero attached hydrogens (tertiary/aromatic N) is 1. The molecule has 0 unspecified atom stereocenters. The van der Waals surface area contributed by atoms with E-state index in [9.17, 15) is 5.02 Å². The van der Waals surface area contributed by atoms with E-state index in [1.54, 1.807) is 12.3 Å². The van der Waals surface area contributed by atoms with Crippen LogP contribution in [0.5, 0.6) is 0 Å². The maximum atomic E-state index is 9.18. The fourth-order valence-corrected chi connectivity index (χ4v) is 0.926. The molecule has 0 aliphatic carbocycles. The quantitative estimate of drug-likeness (QED) is 0.640. The molecule has 0 fully saturated rings. The van der Waals surface area contributed by atoms with Crippen LogP contribution in [0.4, 0.5) is 0 Å². The van der Waals surface area contributed by atoms with Gasteiger partial charge in [0.2, 0.25) is 0 Å². The van der Waals surface area contributed by atoms with Crippen molar-refractivity contribution in [3.05, 3.63) is 23.5 Å². The van der Waals surface area contributed by atoms with Gasteiger partial charge in [0.25, 0.3) is 0 Å². The van der Waals surface area contributed by atoms with E-state index >= 15 is 0 Å². The third-order valence-electron chi connectivity index (χ3n) is 1.29. The first-order chi connectivity index (χ1) is 5.25. The van der Waals surface area contributed by atoms with Gasteiger partial charge in [0.15, 0.2) is 0 Å². The summed E-state index contributed by atoms with van der Waals surface area (Å²) in [5, 5.41) is 9.58. The molecule has 0 atom stereocenters. The standard InChI is InChI=1S/C6H7BClNO2/c1-11-7(10)5-2-3-9-4-6(5)8/h2-4,10H,1H3. The number of halogens is 1. The highest BCUT2D eigenvalue weighted by Gasteiger charge is 2.16. The lowest BCUT2D eigenvalue weighted by molar-refractivity contribution is 0.341. The van der Waals surface area contributed by atoms with E-state index < -0.39 is 7.12 Å². The SMILES string of the molecule is COB(O)c1ccncc1Cl. The minimum Gasteiger partial charge on any atom is -0.423 e. The Morgan fingerprint density at radius 3 is 3.00 bits per heavy atom. The van der Waals surface area contributed by atoms with Crippen molar-refractivity contribution in [2.75, 3.05) is 7.11 Å². The van der Waals surface area contributed by atoms with Gasteiger partial charge in [-0.05, 0) is 6.07 Å². The van der Waals surface area contributed by atoms with Gasteiger partial charge < -0.3 is 9.68 Å². The highest BCUT2D eigenvalue weighted by atomic mass is 35.5. The summed E-state index contributed by atoms with van der Waals surface area (Å²) in [6, 6.07) is 1.61. The highest BCUT2D eigenvalue weighted by Crippen LogP contribution is 2.01. The van der Waals surface area contributed by atoms with Gasteiger partial charge in [0, 0.05) is 25.0 Å². The molecule has 0 spiro atoms. The van der Waals surface area contributed by atoms with Gasteiger partial charge in [-0.2, -0.15) is 0 Å². The van der Waals surface area contributed by atoms with Crippen LogP contribution in [0.2, 0.25) is 5.02 Å². The van der Waals surface area contributed by atoms with Gasteiger partial charge in [0.05, 0.1) is 5.02 Å². The summed E-state index contributed by atoms with van der Waals surface area (Å²) in [6.07, 6.45) is 3.00. The van der Waals surface area contributed by atoms with E-state index in [-0.39, 0.29) is 0 Å². The van der Waals surface area contributed by atoms with Crippen molar-refractivity contribution in [1.82, 2.24) is 4.98 Å². The van der Waals surface area contributed by atoms with Crippen molar-refractivity contribution in [2.45, 2.75) is 0 Å². The fourth-order valence-electron chi connectivity index (χ4n) is 0.713. The van der Waals surface area contributed by atoms with Gasteiger partial charge in [-0.15, -0.1) is 0 Å². The average Bonchev–Trinajstić information content (AvgIpc) is 2.04. The molecule has 1 rings (SSSR count). The summed E-state index contributed by atoms with van der Waals surface area (Å²) in [4.78, 5) is 3.76. The van der Waals surface area contributed by atoms with Crippen molar-refractivity contribution >= 4 is 24.2 Å². The number of hydrogen-bond donors (Lipinski definition) is 1. The van der Waals surface area contributed by atoms with Crippen molar-refractivity contribution in [2.24, 2.45) is 0 Å². The van der Waals surface area contributed by atoms with Gasteiger partial charge in [-0.25, -0.2) is 0 Å². The van der Waals surface area contributed by atoms with Gasteiger partial charge in [-0.3, -0.25) is 4.98 Å². The zero-order chi connectivity index (χ0) is 8.27. The van der Waals surface area contributed by atoms with E-state index in [0.717, 1.165) is 0 Å². The van der Waals surface area contributed by atoms with Gasteiger partial charge in [-0.1, -0.05) is 11.6 Å². The Morgan fingerprint density at radius 2 is 2.45 bits per heavy atom. The molecule has 0 aliphatic rings. The summed E-state index contributed by atoms with van der Waals surface area (Å²) in [7, 11) is 0.437. The fraction of sp³-hybridized carbons (Fsp3) is 0.167. The molecule has 0 amide bonds. The maximum Gasteiger partial charge on any atom is 0.492 e. The van der Waals surface area contributed by atoms with Crippen molar-refractivity contribution in [1.29, 1.82) is 0 Å². The van der Waals surface area contributed by atoms with Crippen LogP contribution in [0.25, 0.3) is 0 Å². The summed E-state index contributed by atoms with van der Waals surface area (Å²) in [5.74, 6) is 0. The number of hydrogen-bond acceptors (Lipinski definition) is 3. The summed E-state index contributed by atoms with van der Waals surface area (Å²) in [6.45, 7) is 0. The van der Waals surface area contributed by atoms with E-state index in [1.165, 1.54) is 13.3 Å². The monoisotopic (exact) mass is 171 g/mol. The Bertz CT molecular complexity index is 246. The van der Waals surface area contributed by atoms with Crippen molar-refractivity contribution in [3.8, 4) is 0 Å². The molecule has 0 saturated carbocycles. The number of pyridine rings is 1. The molecule has 1 aromatic heterocycles. The first-order valence-electron chi connectivity index (χ1n) is 3.06. The summed E-state index contributed by atoms with van der Waals surface area (Å²) >= 11 is 5.70. The second kappa shape index (κ2) is 3.71. The first-order valence-corrected chi connectivity index (χ1v) is 3.43. The Morgan fingerprint density at radius 1 is 1.73 bits per heavy atom. The third-order valence-corrected chi connectivity index (χ3v) is 1.61. The van der Waals surface area contributed by atoms with E-state index in [0.29, 0.717) is 10.5 Å². The van der Waals surface area contributed by atoms with Crippen LogP contribution in [0.15, 0.2) is 18.5 Å². The van der Waals surface area contributed by atoms with Crippen molar-refractivity contribution < 1.29 is 9.68 Å². The molecule has 58 valence electrons. The minimum atomic E-state index is -0.967. The molecule has 0 saturated heterocycles. The zero-order valence-corrected chi connectivity index (χ0v) is 6.75. The van der Waals surface area contributed by atoms with Gasteiger partial charge in [0.1, 0.15) is 0 Å². The number of aromatic nitrogens is 1. The largest absolute Gasteiger partial charge is 0.492 e. The number of rotatable bonds is 2. The molecule has 11 heavy (non-hydrogen) atoms. The molecule has 5 heteroatoms. The predicted molar refractivity (Wildman–Crippen MR) is 43.9 cm³/mol. The molecule has 1 N–H and O–H groups in total. The normalized spacial score (nSPS) is 9.73. The molecular formula is C6H7BClNO2. The van der Waals surface area contributed by atoms with E-state index in [1.807, 2.05) is 0 Å². The Labute approximate surface area is 70.1 Å². The van der Waals surface area contributed by atoms with Crippen LogP contribution in [-0.4, -0.2) is 24.2 Å². The Hall–Kier alpha value is -0.575. The second-order valence-electron chi connectivity index (χ2n) is 1.99. The smallest absolute Gasteiger partial charge is 0.423 e. The average molecular weight is 171 g/mol. The molecule has 0 aromatic carbocycles. The second-order valence-corrected chi connectivity index (χ2v) is 2.39. The third kappa shape index (κ3) is 1.93. The molecular weight excluding hydrogens is 164 g/mol. The van der Waals surface area contributed by atoms with Crippen LogP contribution in [0.1, 0.15) is 0 Å². The van der Waals surface area contributed by atoms with E-state index in [2.05, 4.69) is 9.64 Å². The van der Waals surface area contributed by atoms with Gasteiger partial charge >= 0.3 is 7.12 Å². The van der Waals surface area contributed by atoms with Crippen LogP contribution in [0.3, 0.4) is 0 Å². The molecule has 0 aliphatic heterocycles. The predicted octanol–water partition coefficient (Wildman–Crippen LogP) is 0.0689. The van der Waals surface area contributed by atoms with Crippen LogP contribution in [0, 0.1) is 0 Å². The van der Waals surface area contributed by atoms with E-state index in [4.69, 9.17) is 11.6 Å². The molecule has 1 heterocycles. The summed E-state index contributed by atoms with van der Waals surface area (Å²) < 4.78 is 4.66. The maximum absolute atomic E-state index is 9.18. The lowest BCUT2D eigenvalue weighted by Crippen LogP contribution is -2.33. The lowest BCUT2D eigenvalue weighted by atomic mass is 9.80. The minimum absolute atomic E-state index is 0.404. The molecule has 1 aromatic rings. The topological polar surface area (TPSA) is 42.4 Å².